The molecule has 0 heterocycles. The van der Waals surface area contributed by atoms with E-state index < -0.39 is 66.2 Å². The van der Waals surface area contributed by atoms with Crippen molar-refractivity contribution >= 4 is 47.3 Å². The molecular formula is C23H33N5O8S. The van der Waals surface area contributed by atoms with Crippen molar-refractivity contribution in [1.82, 2.24) is 16.0 Å². The average molecular weight is 540 g/mol. The van der Waals surface area contributed by atoms with Crippen LogP contribution in [0, 0.1) is 0 Å². The Labute approximate surface area is 218 Å². The lowest BCUT2D eigenvalue weighted by molar-refractivity contribution is -0.143. The number of aliphatic carboxylic acids is 2. The van der Waals surface area contributed by atoms with Crippen LogP contribution in [0.15, 0.2) is 30.3 Å². The van der Waals surface area contributed by atoms with E-state index in [2.05, 4.69) is 16.0 Å². The van der Waals surface area contributed by atoms with Crippen LogP contribution in [0.2, 0.25) is 0 Å². The lowest BCUT2D eigenvalue weighted by atomic mass is 10.0. The topological polar surface area (TPSA) is 231 Å². The number of amides is 4. The molecule has 0 aromatic heterocycles. The molecule has 0 fully saturated rings. The van der Waals surface area contributed by atoms with Gasteiger partial charge in [-0.05, 0) is 30.4 Å². The van der Waals surface area contributed by atoms with Gasteiger partial charge in [-0.25, -0.2) is 4.79 Å². The molecule has 37 heavy (non-hydrogen) atoms. The van der Waals surface area contributed by atoms with Crippen LogP contribution in [0.5, 0.6) is 0 Å². The molecular weight excluding hydrogens is 506 g/mol. The largest absolute Gasteiger partial charge is 0.481 e. The molecule has 0 spiro atoms. The van der Waals surface area contributed by atoms with Crippen LogP contribution in [-0.2, 0) is 35.2 Å². The minimum absolute atomic E-state index is 0.0825. The van der Waals surface area contributed by atoms with Gasteiger partial charge in [0.25, 0.3) is 0 Å². The minimum atomic E-state index is -1.67. The van der Waals surface area contributed by atoms with Crippen molar-refractivity contribution in [1.29, 1.82) is 0 Å². The minimum Gasteiger partial charge on any atom is -0.481 e. The Morgan fingerprint density at radius 3 is 1.97 bits per heavy atom. The molecule has 0 aliphatic carbocycles. The summed E-state index contributed by atoms with van der Waals surface area (Å²) in [7, 11) is 0. The second-order valence-corrected chi connectivity index (χ2v) is 9.19. The summed E-state index contributed by atoms with van der Waals surface area (Å²) < 4.78 is 0. The zero-order valence-electron chi connectivity index (χ0n) is 20.3. The Kier molecular flexibility index (Phi) is 13.7. The van der Waals surface area contributed by atoms with Crippen LogP contribution in [0.3, 0.4) is 0 Å². The molecule has 4 unspecified atom stereocenters. The predicted molar refractivity (Wildman–Crippen MR) is 135 cm³/mol. The molecule has 0 saturated carbocycles. The normalized spacial score (nSPS) is 13.9. The highest BCUT2D eigenvalue weighted by molar-refractivity contribution is 7.98. The number of nitrogens with two attached hydrogens (primary N) is 2. The van der Waals surface area contributed by atoms with E-state index in [-0.39, 0.29) is 19.3 Å². The lowest BCUT2D eigenvalue weighted by Gasteiger charge is -2.24. The Morgan fingerprint density at radius 2 is 1.43 bits per heavy atom. The Hall–Kier alpha value is -3.65. The van der Waals surface area contributed by atoms with Crippen LogP contribution in [0.25, 0.3) is 0 Å². The van der Waals surface area contributed by atoms with Crippen LogP contribution >= 0.6 is 11.8 Å². The first-order chi connectivity index (χ1) is 17.4. The number of rotatable bonds is 17. The van der Waals surface area contributed by atoms with Crippen molar-refractivity contribution in [2.75, 3.05) is 12.0 Å². The summed E-state index contributed by atoms with van der Waals surface area (Å²) in [5, 5.41) is 25.7. The first-order valence-electron chi connectivity index (χ1n) is 11.4. The first-order valence-corrected chi connectivity index (χ1v) is 12.8. The second kappa shape index (κ2) is 16.2. The van der Waals surface area contributed by atoms with Gasteiger partial charge in [0.05, 0.1) is 12.5 Å². The summed E-state index contributed by atoms with van der Waals surface area (Å²) in [4.78, 5) is 72.5. The molecule has 1 aromatic carbocycles. The van der Waals surface area contributed by atoms with E-state index in [1.165, 1.54) is 11.8 Å². The Morgan fingerprint density at radius 1 is 0.865 bits per heavy atom. The molecule has 204 valence electrons. The van der Waals surface area contributed by atoms with Gasteiger partial charge in [0.1, 0.15) is 18.1 Å². The lowest BCUT2D eigenvalue weighted by Crippen LogP contribution is -2.57. The van der Waals surface area contributed by atoms with Gasteiger partial charge < -0.3 is 37.6 Å². The van der Waals surface area contributed by atoms with Crippen molar-refractivity contribution < 1.29 is 39.0 Å². The number of benzene rings is 1. The highest BCUT2D eigenvalue weighted by Gasteiger charge is 2.31. The summed E-state index contributed by atoms with van der Waals surface area (Å²) >= 11 is 1.47. The maximum atomic E-state index is 12.9. The second-order valence-electron chi connectivity index (χ2n) is 8.20. The van der Waals surface area contributed by atoms with Gasteiger partial charge in [0.15, 0.2) is 0 Å². The number of carbonyl (C=O) groups is 6. The monoisotopic (exact) mass is 539 g/mol. The molecule has 0 saturated heterocycles. The van der Waals surface area contributed by atoms with Crippen molar-refractivity contribution in [3.63, 3.8) is 0 Å². The quantitative estimate of drug-likeness (QED) is 0.122. The van der Waals surface area contributed by atoms with Crippen LogP contribution in [-0.4, -0.2) is 82.0 Å². The van der Waals surface area contributed by atoms with E-state index >= 15 is 0 Å². The number of carboxylic acids is 2. The molecule has 4 amide bonds. The SMILES string of the molecule is CSCCC(N)C(=O)NC(CCC(N)=O)C(=O)NC(CC(=O)O)C(=O)NC(Cc1ccccc1)C(=O)O. The summed E-state index contributed by atoms with van der Waals surface area (Å²) in [5.41, 5.74) is 11.6. The van der Waals surface area contributed by atoms with Crippen molar-refractivity contribution in [2.24, 2.45) is 11.5 Å². The molecule has 14 heteroatoms. The van der Waals surface area contributed by atoms with E-state index in [1.54, 1.807) is 30.3 Å². The van der Waals surface area contributed by atoms with E-state index in [9.17, 15) is 39.0 Å². The molecule has 0 aliphatic rings. The van der Waals surface area contributed by atoms with Gasteiger partial charge in [-0.1, -0.05) is 30.3 Å². The van der Waals surface area contributed by atoms with Crippen molar-refractivity contribution in [2.45, 2.75) is 56.3 Å². The van der Waals surface area contributed by atoms with Gasteiger partial charge in [-0.2, -0.15) is 11.8 Å². The number of primary amides is 1. The molecule has 0 aliphatic heterocycles. The number of hydrogen-bond donors (Lipinski definition) is 7. The van der Waals surface area contributed by atoms with Crippen LogP contribution in [0.1, 0.15) is 31.2 Å². The number of thioether (sulfide) groups is 1. The van der Waals surface area contributed by atoms with E-state index in [4.69, 9.17) is 11.5 Å². The predicted octanol–water partition coefficient (Wildman–Crippen LogP) is -1.41. The number of hydrogen-bond acceptors (Lipinski definition) is 8. The van der Waals surface area contributed by atoms with Crippen LogP contribution in [0.4, 0.5) is 0 Å². The fourth-order valence-corrected chi connectivity index (χ4v) is 3.68. The van der Waals surface area contributed by atoms with E-state index in [0.29, 0.717) is 17.7 Å². The summed E-state index contributed by atoms with van der Waals surface area (Å²) in [6.45, 7) is 0. The van der Waals surface area contributed by atoms with Gasteiger partial charge >= 0.3 is 11.9 Å². The Balaban J connectivity index is 3.01. The standard InChI is InChI=1S/C23H33N5O8S/c1-37-10-9-14(24)20(32)26-15(7-8-18(25)29)21(33)27-16(12-19(30)31)22(34)28-17(23(35)36)11-13-5-3-2-4-6-13/h2-6,14-17H,7-12,24H2,1H3,(H2,25,29)(H,26,32)(H,27,33)(H,28,34)(H,30,31)(H,35,36). The third-order valence-corrected chi connectivity index (χ3v) is 5.84. The third-order valence-electron chi connectivity index (χ3n) is 5.19. The number of nitrogens with one attached hydrogen (secondary N) is 3. The molecule has 1 rings (SSSR count). The molecule has 9 N–H and O–H groups in total. The fourth-order valence-electron chi connectivity index (χ4n) is 3.19. The first kappa shape index (κ1) is 31.4. The van der Waals surface area contributed by atoms with Gasteiger partial charge in [0.2, 0.25) is 23.6 Å². The zero-order chi connectivity index (χ0) is 28.0. The average Bonchev–Trinajstić information content (AvgIpc) is 2.83. The molecule has 13 nitrogen and oxygen atoms in total. The zero-order valence-corrected chi connectivity index (χ0v) is 21.2. The molecule has 4 atom stereocenters. The Bertz CT molecular complexity index is 962. The van der Waals surface area contributed by atoms with Crippen molar-refractivity contribution in [3.8, 4) is 0 Å². The highest BCUT2D eigenvalue weighted by atomic mass is 32.2. The third kappa shape index (κ3) is 12.2. The highest BCUT2D eigenvalue weighted by Crippen LogP contribution is 2.07. The van der Waals surface area contributed by atoms with Gasteiger partial charge in [-0.3, -0.25) is 24.0 Å². The maximum Gasteiger partial charge on any atom is 0.326 e. The molecule has 0 radical (unpaired) electrons. The fraction of sp³-hybridized carbons (Fsp3) is 0.478. The number of carboxylic acid groups (broad SMARTS) is 2. The maximum absolute atomic E-state index is 12.9. The summed E-state index contributed by atoms with van der Waals surface area (Å²) in [5.74, 6) is -5.63. The van der Waals surface area contributed by atoms with Crippen molar-refractivity contribution in [3.05, 3.63) is 35.9 Å². The molecule has 1 aromatic rings. The number of carbonyl (C=O) groups excluding carboxylic acids is 4. The van der Waals surface area contributed by atoms with Gasteiger partial charge in [-0.15, -0.1) is 0 Å². The van der Waals surface area contributed by atoms with Crippen LogP contribution < -0.4 is 27.4 Å². The summed E-state index contributed by atoms with van der Waals surface area (Å²) in [6.07, 6.45) is 0.691. The smallest absolute Gasteiger partial charge is 0.326 e. The van der Waals surface area contributed by atoms with E-state index in [1.807, 2.05) is 6.26 Å². The van der Waals surface area contributed by atoms with Gasteiger partial charge in [0, 0.05) is 12.8 Å². The molecule has 0 bridgehead atoms. The summed E-state index contributed by atoms with van der Waals surface area (Å²) in [6, 6.07) is 3.09. The van der Waals surface area contributed by atoms with E-state index in [0.717, 1.165) is 0 Å².